The molecule has 26 heteroatoms. The molecule has 0 atom stereocenters. The molecule has 0 saturated carbocycles. The van der Waals surface area contributed by atoms with Crippen LogP contribution in [0.5, 0.6) is 23.5 Å². The van der Waals surface area contributed by atoms with Crippen LogP contribution in [0.25, 0.3) is 0 Å². The number of hydrogen-bond acceptors (Lipinski definition) is 24. The van der Waals surface area contributed by atoms with Crippen LogP contribution in [-0.4, -0.2) is 238 Å². The van der Waals surface area contributed by atoms with Gasteiger partial charge in [0.25, 0.3) is 0 Å². The predicted octanol–water partition coefficient (Wildman–Crippen LogP) is 7.36. The first-order chi connectivity index (χ1) is 41.4. The van der Waals surface area contributed by atoms with Gasteiger partial charge in [-0.15, -0.1) is 9.46 Å². The fraction of sp³-hybridized carbons (Fsp3) is 0.828. The lowest BCUT2D eigenvalue weighted by molar-refractivity contribution is -0.152. The first-order valence-electron chi connectivity index (χ1n) is 30.3. The summed E-state index contributed by atoms with van der Waals surface area (Å²) in [4.78, 5) is 32.9. The lowest BCUT2D eigenvalue weighted by Crippen LogP contribution is -2.24. The van der Waals surface area contributed by atoms with Gasteiger partial charge in [-0.2, -0.15) is 0 Å². The zero-order valence-corrected chi connectivity index (χ0v) is 51.7. The van der Waals surface area contributed by atoms with Crippen LogP contribution < -0.4 is 9.68 Å². The van der Waals surface area contributed by atoms with Crippen molar-refractivity contribution in [3.8, 4) is 23.5 Å². The number of rotatable bonds is 67. The van der Waals surface area contributed by atoms with E-state index in [1.165, 1.54) is 139 Å². The monoisotopic (exact) mass is 1240 g/mol. The van der Waals surface area contributed by atoms with E-state index in [1.54, 1.807) is 0 Å². The van der Waals surface area contributed by atoms with Gasteiger partial charge in [0.2, 0.25) is 23.5 Å². The fourth-order valence-electron chi connectivity index (χ4n) is 7.52. The first kappa shape index (κ1) is 76.9. The summed E-state index contributed by atoms with van der Waals surface area (Å²) in [7, 11) is 4.13. The van der Waals surface area contributed by atoms with Crippen molar-refractivity contribution in [3.63, 3.8) is 0 Å². The molecule has 4 N–H and O–H groups in total. The summed E-state index contributed by atoms with van der Waals surface area (Å²) in [5.74, 6) is -0.588. The van der Waals surface area contributed by atoms with Gasteiger partial charge in [-0.05, 0) is 25.7 Å². The Kier molecular flexibility index (Phi) is 55.1. The van der Waals surface area contributed by atoms with Crippen molar-refractivity contribution in [2.75, 3.05) is 196 Å². The number of hydrogen-bond donors (Lipinski definition) is 4. The lowest BCUT2D eigenvalue weighted by Gasteiger charge is -2.09. The average molecular weight is 1250 g/mol. The van der Waals surface area contributed by atoms with Crippen molar-refractivity contribution in [1.82, 2.24) is 9.46 Å². The summed E-state index contributed by atoms with van der Waals surface area (Å²) in [6.45, 7) is 11.4. The van der Waals surface area contributed by atoms with Gasteiger partial charge in [0.05, 0.1) is 159 Å². The Balaban J connectivity index is 1.10. The molecule has 490 valence electrons. The van der Waals surface area contributed by atoms with Gasteiger partial charge >= 0.3 is 11.9 Å². The molecule has 0 fully saturated rings. The van der Waals surface area contributed by atoms with Gasteiger partial charge in [-0.25, -0.2) is 9.59 Å². The van der Waals surface area contributed by atoms with E-state index in [1.807, 2.05) is 0 Å². The maximum Gasteiger partial charge on any atom is 0.358 e. The highest BCUT2D eigenvalue weighted by atomic mass is 33.1. The van der Waals surface area contributed by atoms with E-state index >= 15 is 0 Å². The van der Waals surface area contributed by atoms with E-state index in [9.17, 15) is 30.0 Å². The number of unbranched alkanes of at least 4 members (excludes halogenated alkanes) is 16. The molecule has 0 aliphatic carbocycles. The second-order valence-electron chi connectivity index (χ2n) is 19.1. The highest BCUT2D eigenvalue weighted by Crippen LogP contribution is 2.25. The van der Waals surface area contributed by atoms with Crippen LogP contribution in [-0.2, 0) is 75.9 Å². The van der Waals surface area contributed by atoms with Crippen molar-refractivity contribution in [2.45, 2.75) is 116 Å². The van der Waals surface area contributed by atoms with E-state index in [-0.39, 0.29) is 39.6 Å². The smallest absolute Gasteiger partial charge is 0.358 e. The third-order valence-corrected chi connectivity index (χ3v) is 14.6. The van der Waals surface area contributed by atoms with E-state index in [4.69, 9.17) is 76.0 Å². The second-order valence-corrected chi connectivity index (χ2v) is 21.8. The molecular formula is C58H104N2O22S2. The van der Waals surface area contributed by atoms with Crippen LogP contribution >= 0.6 is 21.6 Å². The molecule has 0 saturated heterocycles. The SMILES string of the molecule is O=C(COCCOCCOCCOCCOCCOCCOCCCCCCCCCCCSSCCCCCCCCCCCOCCOCCOCCOCCOCCOCCOCC(=O)On1c(O)ccc1O)On1c(O)ccc1O. The van der Waals surface area contributed by atoms with Crippen LogP contribution in [0, 0.1) is 0 Å². The molecule has 2 aromatic rings. The number of carbonyl (C=O) groups excluding carboxylic acids is 2. The molecule has 0 amide bonds. The van der Waals surface area contributed by atoms with Crippen LogP contribution in [0.4, 0.5) is 0 Å². The van der Waals surface area contributed by atoms with E-state index < -0.39 is 35.5 Å². The van der Waals surface area contributed by atoms with E-state index in [0.717, 1.165) is 26.1 Å². The van der Waals surface area contributed by atoms with Crippen molar-refractivity contribution < 1.29 is 106 Å². The largest absolute Gasteiger partial charge is 0.492 e. The quantitative estimate of drug-likeness (QED) is 0.0372. The minimum Gasteiger partial charge on any atom is -0.492 e. The lowest BCUT2D eigenvalue weighted by atomic mass is 10.1. The molecule has 2 aromatic heterocycles. The van der Waals surface area contributed by atoms with Gasteiger partial charge in [0.15, 0.2) is 0 Å². The standard InChI is InChI=1S/C58H104N2O22S2/c61-53-19-20-54(62)59(53)81-57(65)51-79-47-45-77-43-41-75-39-37-73-35-33-71-31-29-69-27-25-67-23-15-11-7-3-1-5-9-13-17-49-83-84-50-18-14-10-6-2-4-8-12-16-24-68-26-28-70-30-32-72-34-36-74-38-40-76-42-44-78-46-48-80-52-58(66)82-60-55(63)21-22-56(60)64/h19-22,61-64H,1-18,23-52H2. The minimum atomic E-state index is -0.775. The Bertz CT molecular complexity index is 1590. The van der Waals surface area contributed by atoms with E-state index in [2.05, 4.69) is 21.6 Å². The van der Waals surface area contributed by atoms with Crippen LogP contribution in [0.2, 0.25) is 0 Å². The number of carbonyl (C=O) groups is 2. The molecule has 0 aliphatic rings. The average Bonchev–Trinajstić information content (AvgIpc) is 4.12. The van der Waals surface area contributed by atoms with Gasteiger partial charge in [-0.1, -0.05) is 111 Å². The maximum atomic E-state index is 11.7. The van der Waals surface area contributed by atoms with Crippen molar-refractivity contribution in [2.24, 2.45) is 0 Å². The van der Waals surface area contributed by atoms with Crippen LogP contribution in [0.1, 0.15) is 116 Å². The number of nitrogens with zero attached hydrogens (tertiary/aromatic N) is 2. The molecule has 0 radical (unpaired) electrons. The van der Waals surface area contributed by atoms with Crippen LogP contribution in [0.15, 0.2) is 24.3 Å². The third-order valence-electron chi connectivity index (χ3n) is 12.0. The molecule has 24 nitrogen and oxygen atoms in total. The molecule has 0 spiro atoms. The van der Waals surface area contributed by atoms with Crippen molar-refractivity contribution >= 4 is 33.5 Å². The number of aromatic nitrogens is 2. The summed E-state index contributed by atoms with van der Waals surface area (Å²) in [6, 6.07) is 4.76. The van der Waals surface area contributed by atoms with Crippen molar-refractivity contribution in [1.29, 1.82) is 0 Å². The number of ether oxygens (including phenoxy) is 14. The van der Waals surface area contributed by atoms with Crippen molar-refractivity contribution in [3.05, 3.63) is 24.3 Å². The molecule has 2 heterocycles. The van der Waals surface area contributed by atoms with Gasteiger partial charge in [0.1, 0.15) is 13.2 Å². The van der Waals surface area contributed by atoms with E-state index in [0.29, 0.717) is 142 Å². The molecular weight excluding hydrogens is 1140 g/mol. The van der Waals surface area contributed by atoms with Gasteiger partial charge in [-0.3, -0.25) is 0 Å². The Morgan fingerprint density at radius 1 is 0.262 bits per heavy atom. The summed E-state index contributed by atoms with van der Waals surface area (Å²) in [6.07, 6.45) is 23.4. The molecule has 0 bridgehead atoms. The Hall–Kier alpha value is -3.16. The number of aromatic hydroxyl groups is 4. The Labute approximate surface area is 506 Å². The molecule has 0 aromatic carbocycles. The topological polar surface area (TPSA) is 273 Å². The van der Waals surface area contributed by atoms with Gasteiger partial charge < -0.3 is 96.4 Å². The summed E-state index contributed by atoms with van der Waals surface area (Å²) in [5.41, 5.74) is 0. The first-order valence-corrected chi connectivity index (χ1v) is 32.8. The zero-order chi connectivity index (χ0) is 60.1. The minimum absolute atomic E-state index is 0.171. The van der Waals surface area contributed by atoms with Gasteiger partial charge in [0, 0.05) is 49.0 Å². The maximum absolute atomic E-state index is 11.7. The molecule has 0 unspecified atom stereocenters. The second kappa shape index (κ2) is 60.1. The molecule has 84 heavy (non-hydrogen) atoms. The normalized spacial score (nSPS) is 11.6. The highest BCUT2D eigenvalue weighted by Gasteiger charge is 2.14. The molecule has 0 aliphatic heterocycles. The summed E-state index contributed by atoms with van der Waals surface area (Å²) in [5, 5.41) is 37.8. The predicted molar refractivity (Wildman–Crippen MR) is 318 cm³/mol. The summed E-state index contributed by atoms with van der Waals surface area (Å²) >= 11 is 0. The zero-order valence-electron chi connectivity index (χ0n) is 50.1. The Morgan fingerprint density at radius 2 is 0.440 bits per heavy atom. The Morgan fingerprint density at radius 3 is 0.667 bits per heavy atom. The fourth-order valence-corrected chi connectivity index (χ4v) is 9.81. The van der Waals surface area contributed by atoms with Crippen LogP contribution in [0.3, 0.4) is 0 Å². The third kappa shape index (κ3) is 49.9. The summed E-state index contributed by atoms with van der Waals surface area (Å²) < 4.78 is 77.8. The highest BCUT2D eigenvalue weighted by molar-refractivity contribution is 8.76. The molecule has 2 rings (SSSR count).